The SMILES string of the molecule is CC(C)([PH+](c1ccccc1)c1ccccc1)[PH+](c1ccccc1)c1ccccc1.[Au+].[Au+].[C-]#Cc1ccc2c(c1)C(C)(C)c1ccccc1-2.[C-]#Cc1ccc2c(c1)C(C)(C)c1ccccc1-2. The van der Waals surface area contributed by atoms with Crippen LogP contribution in [0.5, 0.6) is 0 Å². The van der Waals surface area contributed by atoms with Crippen LogP contribution in [-0.4, -0.2) is 4.90 Å². The van der Waals surface area contributed by atoms with Gasteiger partial charge in [-0.1, -0.05) is 161 Å². The standard InChI is InChI=1S/C27H26P2.2C17H13.2Au/c1-27(2,28(23-15-7-3-8-16-23)24-17-9-4-10-18-24)29(25-19-11-5-12-20-25)26-21-13-6-14-22-26;2*1-4-12-9-10-14-13-7-5-6-8-15(13)17(2,3)16(14)11-12;;/h3-22H,1-2H3;2*5-11H,2-3H3;;/q;2*-1;2*+1/p+2. The number of fused-ring (bicyclic) bond motifs is 6. The van der Waals surface area contributed by atoms with Gasteiger partial charge in [0.25, 0.3) is 0 Å². The number of benzene rings is 8. The van der Waals surface area contributed by atoms with Crippen molar-refractivity contribution in [2.24, 2.45) is 0 Å². The Labute approximate surface area is 422 Å². The van der Waals surface area contributed by atoms with Crippen molar-refractivity contribution in [3.05, 3.63) is 252 Å². The molecular weight excluding hydrogens is 1190 g/mol. The third-order valence-corrected chi connectivity index (χ3v) is 20.6. The monoisotopic (exact) mass is 1240 g/mol. The molecule has 0 aliphatic heterocycles. The van der Waals surface area contributed by atoms with E-state index in [9.17, 15) is 0 Å². The molecule has 4 heteroatoms. The smallest absolute Gasteiger partial charge is 0.366 e. The first-order valence-electron chi connectivity index (χ1n) is 21.8. The zero-order chi connectivity index (χ0) is 44.2. The van der Waals surface area contributed by atoms with E-state index in [1.165, 1.54) is 65.7 Å². The summed E-state index contributed by atoms with van der Waals surface area (Å²) in [5.41, 5.74) is 12.3. The van der Waals surface area contributed by atoms with Gasteiger partial charge in [0.15, 0.2) is 4.90 Å². The van der Waals surface area contributed by atoms with Crippen LogP contribution in [0.3, 0.4) is 0 Å². The average molecular weight is 1240 g/mol. The van der Waals surface area contributed by atoms with Crippen LogP contribution in [0, 0.1) is 24.7 Å². The molecule has 8 aromatic carbocycles. The molecule has 0 fully saturated rings. The minimum absolute atomic E-state index is 0. The molecule has 0 N–H and O–H groups in total. The van der Waals surface area contributed by atoms with E-state index >= 15 is 0 Å². The molecule has 0 spiro atoms. The van der Waals surface area contributed by atoms with Crippen LogP contribution in [0.25, 0.3) is 22.3 Å². The summed E-state index contributed by atoms with van der Waals surface area (Å²) in [4.78, 5) is 0.154. The van der Waals surface area contributed by atoms with Crippen LogP contribution < -0.4 is 21.2 Å². The van der Waals surface area contributed by atoms with Crippen molar-refractivity contribution >= 4 is 37.1 Å². The third-order valence-electron chi connectivity index (χ3n) is 13.0. The first-order chi connectivity index (χ1) is 30.5. The summed E-state index contributed by atoms with van der Waals surface area (Å²) < 4.78 is 0. The van der Waals surface area contributed by atoms with Gasteiger partial charge in [-0.2, -0.15) is 0 Å². The van der Waals surface area contributed by atoms with Crippen molar-refractivity contribution in [1.29, 1.82) is 0 Å². The average Bonchev–Trinajstić information content (AvgIpc) is 3.69. The first kappa shape index (κ1) is 49.7. The van der Waals surface area contributed by atoms with E-state index in [-0.39, 0.29) is 60.5 Å². The summed E-state index contributed by atoms with van der Waals surface area (Å²) in [7, 11) is -2.05. The molecule has 10 rings (SSSR count). The number of hydrogen-bond acceptors (Lipinski definition) is 0. The summed E-state index contributed by atoms with van der Waals surface area (Å²) in [5.74, 6) is 4.94. The van der Waals surface area contributed by atoms with Gasteiger partial charge in [-0.05, 0) is 93.0 Å². The van der Waals surface area contributed by atoms with Crippen LogP contribution >= 0.6 is 15.8 Å². The summed E-state index contributed by atoms with van der Waals surface area (Å²) in [6.07, 6.45) is 14.5. The van der Waals surface area contributed by atoms with Gasteiger partial charge in [-0.15, -0.1) is 35.4 Å². The summed E-state index contributed by atoms with van der Waals surface area (Å²) in [5, 5.41) is 5.96. The Balaban J connectivity index is 0.000000168. The van der Waals surface area contributed by atoms with E-state index in [1.807, 2.05) is 12.1 Å². The summed E-state index contributed by atoms with van der Waals surface area (Å²) in [6.45, 7) is 14.0. The van der Waals surface area contributed by atoms with Crippen LogP contribution in [0.15, 0.2) is 206 Å². The van der Waals surface area contributed by atoms with E-state index in [0.29, 0.717) is 0 Å². The van der Waals surface area contributed by atoms with Crippen LogP contribution in [-0.2, 0) is 55.6 Å². The molecule has 65 heavy (non-hydrogen) atoms. The van der Waals surface area contributed by atoms with E-state index < -0.39 is 15.8 Å². The zero-order valence-corrected chi connectivity index (χ0v) is 44.1. The largest absolute Gasteiger partial charge is 1.00 e. The van der Waals surface area contributed by atoms with Crippen molar-refractivity contribution in [3.8, 4) is 34.1 Å². The zero-order valence-electron chi connectivity index (χ0n) is 37.7. The van der Waals surface area contributed by atoms with Gasteiger partial charge in [0.05, 0.1) is 0 Å². The minimum Gasteiger partial charge on any atom is -0.366 e. The predicted octanol–water partition coefficient (Wildman–Crippen LogP) is 13.3. The molecule has 0 saturated heterocycles. The number of rotatable bonds is 6. The fourth-order valence-electron chi connectivity index (χ4n) is 9.89. The molecule has 0 bridgehead atoms. The Bertz CT molecular complexity index is 2660. The topological polar surface area (TPSA) is 0 Å². The molecule has 0 nitrogen and oxygen atoms in total. The molecule has 0 saturated carbocycles. The van der Waals surface area contributed by atoms with Crippen molar-refractivity contribution in [2.75, 3.05) is 0 Å². The molecule has 0 unspecified atom stereocenters. The molecule has 0 heterocycles. The molecule has 2 aliphatic carbocycles. The molecule has 0 radical (unpaired) electrons. The minimum atomic E-state index is -1.02. The van der Waals surface area contributed by atoms with E-state index in [2.05, 4.69) is 248 Å². The molecule has 0 atom stereocenters. The maximum atomic E-state index is 7.25. The third kappa shape index (κ3) is 10.0. The molecule has 0 amide bonds. The van der Waals surface area contributed by atoms with Crippen molar-refractivity contribution in [2.45, 2.75) is 57.3 Å². The van der Waals surface area contributed by atoms with Crippen molar-refractivity contribution < 1.29 is 44.8 Å². The quantitative estimate of drug-likeness (QED) is 0.0674. The van der Waals surface area contributed by atoms with Gasteiger partial charge >= 0.3 is 44.8 Å². The van der Waals surface area contributed by atoms with Crippen molar-refractivity contribution in [3.63, 3.8) is 0 Å². The van der Waals surface area contributed by atoms with Crippen LogP contribution in [0.2, 0.25) is 0 Å². The predicted molar refractivity (Wildman–Crippen MR) is 275 cm³/mol. The fourth-order valence-corrected chi connectivity index (χ4v) is 18.3. The van der Waals surface area contributed by atoms with E-state index in [4.69, 9.17) is 12.8 Å². The molecule has 0 aromatic heterocycles. The normalized spacial score (nSPS) is 13.0. The van der Waals surface area contributed by atoms with Gasteiger partial charge in [-0.3, -0.25) is 11.8 Å². The van der Waals surface area contributed by atoms with E-state index in [1.54, 1.807) is 0 Å². The maximum absolute atomic E-state index is 7.25. The second-order valence-corrected chi connectivity index (χ2v) is 24.8. The van der Waals surface area contributed by atoms with Gasteiger partial charge in [0.1, 0.15) is 37.1 Å². The maximum Gasteiger partial charge on any atom is 1.00 e. The Morgan fingerprint density at radius 1 is 0.354 bits per heavy atom. The van der Waals surface area contributed by atoms with E-state index in [0.717, 1.165) is 11.1 Å². The fraction of sp³-hybridized carbons (Fsp3) is 0.148. The summed E-state index contributed by atoms with van der Waals surface area (Å²) >= 11 is 0. The second kappa shape index (κ2) is 21.2. The van der Waals surface area contributed by atoms with Gasteiger partial charge < -0.3 is 12.8 Å². The molecule has 328 valence electrons. The Kier molecular flexibility index (Phi) is 16.2. The Morgan fingerprint density at radius 2 is 0.615 bits per heavy atom. The van der Waals surface area contributed by atoms with Crippen LogP contribution in [0.4, 0.5) is 0 Å². The van der Waals surface area contributed by atoms with Gasteiger partial charge in [-0.25, -0.2) is 0 Å². The Hall–Kier alpha value is -4.78. The van der Waals surface area contributed by atoms with Gasteiger partial charge in [0, 0.05) is 24.7 Å². The van der Waals surface area contributed by atoms with Crippen LogP contribution in [0.1, 0.15) is 74.9 Å². The molecule has 2 aliphatic rings. The summed E-state index contributed by atoms with van der Waals surface area (Å²) in [6, 6.07) is 74.1. The number of hydrogen-bond donors (Lipinski definition) is 0. The molecule has 8 aromatic rings. The second-order valence-electron chi connectivity index (χ2n) is 18.0. The molecular formula is C61H54Au2P2+2. The van der Waals surface area contributed by atoms with Crippen molar-refractivity contribution in [1.82, 2.24) is 0 Å². The Morgan fingerprint density at radius 3 is 0.908 bits per heavy atom. The van der Waals surface area contributed by atoms with Gasteiger partial charge in [0.2, 0.25) is 0 Å². The first-order valence-corrected chi connectivity index (χ1v) is 24.8.